The monoisotopic (exact) mass is 597 g/mol. The lowest BCUT2D eigenvalue weighted by atomic mass is 10.0. The molecule has 1 atom stereocenters. The van der Waals surface area contributed by atoms with Crippen LogP contribution in [0.1, 0.15) is 27.0 Å². The zero-order chi connectivity index (χ0) is 31.6. The third-order valence-electron chi connectivity index (χ3n) is 6.75. The molecule has 2 heterocycles. The zero-order valence-electron chi connectivity index (χ0n) is 23.5. The Morgan fingerprint density at radius 1 is 0.909 bits per heavy atom. The third kappa shape index (κ3) is 8.17. The third-order valence-corrected chi connectivity index (χ3v) is 6.75. The molecule has 0 saturated carbocycles. The number of hydrogen-bond acceptors (Lipinski definition) is 6. The van der Waals surface area contributed by atoms with Gasteiger partial charge in [0, 0.05) is 46.9 Å². The minimum absolute atomic E-state index is 0.138. The van der Waals surface area contributed by atoms with E-state index in [-0.39, 0.29) is 18.4 Å². The molecule has 1 aromatic heterocycles. The minimum Gasteiger partial charge on any atom is -0.478 e. The smallest absolute Gasteiger partial charge is 0.328 e. The Hall–Kier alpha value is -5.75. The molecule has 5 rings (SSSR count). The first-order valence-electron chi connectivity index (χ1n) is 13.6. The predicted octanol–water partition coefficient (Wildman–Crippen LogP) is 3.30. The normalized spacial score (nSPS) is 14.3. The number of urea groups is 1. The number of fused-ring (bicyclic) bond motifs is 1. The highest BCUT2D eigenvalue weighted by atomic mass is 16.4. The lowest BCUT2D eigenvalue weighted by Gasteiger charge is -2.14. The van der Waals surface area contributed by atoms with E-state index in [2.05, 4.69) is 21.7 Å². The summed E-state index contributed by atoms with van der Waals surface area (Å²) < 4.78 is 0. The number of nitrogens with two attached hydrogens (primary N) is 1. The maximum Gasteiger partial charge on any atom is 0.328 e. The van der Waals surface area contributed by atoms with Crippen molar-refractivity contribution >= 4 is 46.4 Å². The van der Waals surface area contributed by atoms with Crippen LogP contribution < -0.4 is 16.4 Å². The number of H-pyrrole nitrogens is 1. The molecule has 0 radical (unpaired) electrons. The van der Waals surface area contributed by atoms with Gasteiger partial charge in [0.1, 0.15) is 6.04 Å². The van der Waals surface area contributed by atoms with Crippen molar-refractivity contribution < 1.29 is 34.2 Å². The number of aliphatic carboxylic acids is 2. The van der Waals surface area contributed by atoms with Crippen molar-refractivity contribution in [2.45, 2.75) is 25.4 Å². The number of aromatic amines is 1. The van der Waals surface area contributed by atoms with E-state index in [1.54, 1.807) is 24.3 Å². The second kappa shape index (κ2) is 14.4. The molecule has 0 spiro atoms. The molecule has 1 saturated heterocycles. The quantitative estimate of drug-likeness (QED) is 0.118. The van der Waals surface area contributed by atoms with Gasteiger partial charge in [-0.3, -0.25) is 14.5 Å². The number of para-hydroxylation sites is 1. The van der Waals surface area contributed by atoms with Crippen molar-refractivity contribution in [3.63, 3.8) is 0 Å². The first-order chi connectivity index (χ1) is 21.1. The summed E-state index contributed by atoms with van der Waals surface area (Å²) in [6, 6.07) is 21.1. The number of carboxylic acid groups (broad SMARTS) is 2. The molecule has 0 aliphatic carbocycles. The Morgan fingerprint density at radius 3 is 2.20 bits per heavy atom. The van der Waals surface area contributed by atoms with Gasteiger partial charge in [-0.1, -0.05) is 36.4 Å². The fourth-order valence-electron chi connectivity index (χ4n) is 4.63. The summed E-state index contributed by atoms with van der Waals surface area (Å²) >= 11 is 0. The minimum atomic E-state index is -1.26. The van der Waals surface area contributed by atoms with Crippen molar-refractivity contribution in [2.75, 3.05) is 11.9 Å². The fourth-order valence-corrected chi connectivity index (χ4v) is 4.63. The number of amides is 4. The molecule has 226 valence electrons. The Morgan fingerprint density at radius 2 is 1.57 bits per heavy atom. The van der Waals surface area contributed by atoms with Crippen LogP contribution in [0.4, 0.5) is 10.5 Å². The number of nitrogens with zero attached hydrogens (tertiary/aromatic N) is 1. The van der Waals surface area contributed by atoms with Crippen molar-refractivity contribution in [1.82, 2.24) is 15.2 Å². The molecule has 1 aliphatic rings. The van der Waals surface area contributed by atoms with E-state index >= 15 is 0 Å². The van der Waals surface area contributed by atoms with Crippen LogP contribution in [0.25, 0.3) is 10.9 Å². The average molecular weight is 598 g/mol. The van der Waals surface area contributed by atoms with Crippen LogP contribution >= 0.6 is 0 Å². The van der Waals surface area contributed by atoms with E-state index in [4.69, 9.17) is 15.9 Å². The summed E-state index contributed by atoms with van der Waals surface area (Å²) in [6.07, 6.45) is 4.25. The number of anilines is 1. The van der Waals surface area contributed by atoms with Gasteiger partial charge in [-0.05, 0) is 66.1 Å². The second-order valence-electron chi connectivity index (χ2n) is 9.89. The van der Waals surface area contributed by atoms with Crippen molar-refractivity contribution in [2.24, 2.45) is 5.73 Å². The van der Waals surface area contributed by atoms with E-state index in [9.17, 15) is 24.0 Å². The van der Waals surface area contributed by atoms with E-state index in [1.165, 1.54) is 4.90 Å². The molecule has 4 amide bonds. The van der Waals surface area contributed by atoms with Crippen LogP contribution in [0, 0.1) is 0 Å². The molecule has 1 fully saturated rings. The van der Waals surface area contributed by atoms with Gasteiger partial charge in [-0.2, -0.15) is 0 Å². The van der Waals surface area contributed by atoms with Crippen LogP contribution in [0.15, 0.2) is 91.1 Å². The highest BCUT2D eigenvalue weighted by molar-refractivity contribution is 6.05. The van der Waals surface area contributed by atoms with Gasteiger partial charge in [0.25, 0.3) is 11.8 Å². The summed E-state index contributed by atoms with van der Waals surface area (Å²) in [6.45, 7) is 0.696. The molecular formula is C32H31N5O7. The van der Waals surface area contributed by atoms with Crippen LogP contribution in [-0.4, -0.2) is 62.5 Å². The second-order valence-corrected chi connectivity index (χ2v) is 9.89. The summed E-state index contributed by atoms with van der Waals surface area (Å²) in [5.74, 6) is -3.00. The number of carbonyl (C=O) groups excluding carboxylic acids is 3. The highest BCUT2D eigenvalue weighted by Crippen LogP contribution is 2.23. The van der Waals surface area contributed by atoms with Gasteiger partial charge in [0.2, 0.25) is 0 Å². The summed E-state index contributed by atoms with van der Waals surface area (Å²) in [7, 11) is 0. The summed E-state index contributed by atoms with van der Waals surface area (Å²) in [4.78, 5) is 61.7. The topological polar surface area (TPSA) is 195 Å². The molecular weight excluding hydrogens is 566 g/mol. The van der Waals surface area contributed by atoms with Crippen LogP contribution in [-0.2, 0) is 33.8 Å². The van der Waals surface area contributed by atoms with Crippen molar-refractivity contribution in [3.8, 4) is 0 Å². The number of carbonyl (C=O) groups is 5. The van der Waals surface area contributed by atoms with Gasteiger partial charge in [-0.15, -0.1) is 0 Å². The lowest BCUT2D eigenvalue weighted by Crippen LogP contribution is -2.32. The van der Waals surface area contributed by atoms with Gasteiger partial charge >= 0.3 is 18.0 Å². The molecule has 3 aromatic carbocycles. The molecule has 1 unspecified atom stereocenters. The summed E-state index contributed by atoms with van der Waals surface area (Å²) in [5, 5.41) is 22.4. The van der Waals surface area contributed by atoms with Crippen molar-refractivity contribution in [1.29, 1.82) is 0 Å². The van der Waals surface area contributed by atoms with Crippen LogP contribution in [0.3, 0.4) is 0 Å². The van der Waals surface area contributed by atoms with E-state index < -0.39 is 24.0 Å². The molecule has 44 heavy (non-hydrogen) atoms. The largest absolute Gasteiger partial charge is 0.478 e. The summed E-state index contributed by atoms with van der Waals surface area (Å²) in [5.41, 5.74) is 10.8. The number of aromatic nitrogens is 1. The number of rotatable bonds is 10. The molecule has 1 aliphatic heterocycles. The molecule has 7 N–H and O–H groups in total. The molecule has 0 bridgehead atoms. The Kier molecular flexibility index (Phi) is 10.2. The predicted molar refractivity (Wildman–Crippen MR) is 163 cm³/mol. The van der Waals surface area contributed by atoms with Gasteiger partial charge in [0.15, 0.2) is 0 Å². The number of imide groups is 1. The standard InChI is InChI=1S/C28H27N5O3.C4H4O4/c29-13-12-21-16-30-24-11-8-19(14-23(21)24)15-25-27(35)33(28(36)32-25)17-18-6-9-20(10-7-18)26(34)31-22-4-2-1-3-5-22;5-3(6)1-2-4(7)8/h1-11,14,16,25,30H,12-13,15,17,29H2,(H,31,34)(H,32,36);1-2H,(H,5,6)(H,7,8)/b;2-1-. The first-order valence-corrected chi connectivity index (χ1v) is 13.6. The van der Waals surface area contributed by atoms with Gasteiger partial charge in [0.05, 0.1) is 6.54 Å². The number of nitrogens with one attached hydrogen (secondary N) is 3. The molecule has 4 aromatic rings. The van der Waals surface area contributed by atoms with Gasteiger partial charge in [-0.25, -0.2) is 14.4 Å². The van der Waals surface area contributed by atoms with E-state index in [0.717, 1.165) is 34.0 Å². The maximum absolute atomic E-state index is 13.0. The van der Waals surface area contributed by atoms with E-state index in [1.807, 2.05) is 48.7 Å². The fraction of sp³-hybridized carbons (Fsp3) is 0.156. The lowest BCUT2D eigenvalue weighted by molar-refractivity contribution is -0.134. The Balaban J connectivity index is 0.000000488. The number of hydrogen-bond donors (Lipinski definition) is 6. The van der Waals surface area contributed by atoms with Gasteiger partial charge < -0.3 is 31.6 Å². The molecule has 12 heteroatoms. The molecule has 12 nitrogen and oxygen atoms in total. The average Bonchev–Trinajstić information content (AvgIpc) is 3.52. The zero-order valence-corrected chi connectivity index (χ0v) is 23.5. The SMILES string of the molecule is NCCc1c[nH]c2ccc(CC3NC(=O)N(Cc4ccc(C(=O)Nc5ccccc5)cc4)C3=O)cc12.O=C(O)/C=C\C(=O)O. The highest BCUT2D eigenvalue weighted by Gasteiger charge is 2.37. The Labute approximate surface area is 252 Å². The maximum atomic E-state index is 13.0. The Bertz CT molecular complexity index is 1680. The number of benzene rings is 3. The number of carboxylic acids is 2. The van der Waals surface area contributed by atoms with E-state index in [0.29, 0.717) is 36.4 Å². The first kappa shape index (κ1) is 31.2. The van der Waals surface area contributed by atoms with Crippen LogP contribution in [0.2, 0.25) is 0 Å². The van der Waals surface area contributed by atoms with Crippen LogP contribution in [0.5, 0.6) is 0 Å². The van der Waals surface area contributed by atoms with Crippen molar-refractivity contribution in [3.05, 3.63) is 113 Å².